The molecule has 0 spiro atoms. The summed E-state index contributed by atoms with van der Waals surface area (Å²) in [6, 6.07) is 0.509. The summed E-state index contributed by atoms with van der Waals surface area (Å²) in [6.45, 7) is 0. The van der Waals surface area contributed by atoms with Crippen LogP contribution in [0.1, 0.15) is 64.2 Å². The molecule has 0 aliphatic heterocycles. The van der Waals surface area contributed by atoms with Crippen LogP contribution < -0.4 is 5.32 Å². The normalized spacial score (nSPS) is 24.1. The Hall–Kier alpha value is -0.570. The average Bonchev–Trinajstić information content (AvgIpc) is 2.92. The molecule has 0 aromatic rings. The van der Waals surface area contributed by atoms with Crippen LogP contribution in [0.3, 0.4) is 0 Å². The number of hydrogen-bond donors (Lipinski definition) is 1. The van der Waals surface area contributed by atoms with E-state index in [0.29, 0.717) is 18.4 Å². The quantitative estimate of drug-likeness (QED) is 0.834. The summed E-state index contributed by atoms with van der Waals surface area (Å²) in [5, 5.41) is 3.45. The predicted octanol–water partition coefficient (Wildman–Crippen LogP) is 2.70. The lowest BCUT2D eigenvalue weighted by Gasteiger charge is -2.38. The lowest BCUT2D eigenvalue weighted by molar-refractivity contribution is -0.133. The first-order chi connectivity index (χ1) is 8.67. The van der Waals surface area contributed by atoms with Gasteiger partial charge in [0.05, 0.1) is 0 Å². The van der Waals surface area contributed by atoms with Crippen molar-refractivity contribution in [3.63, 3.8) is 0 Å². The van der Waals surface area contributed by atoms with Crippen LogP contribution in [-0.2, 0) is 4.79 Å². The Morgan fingerprint density at radius 1 is 1.17 bits per heavy atom. The monoisotopic (exact) mass is 252 g/mol. The van der Waals surface area contributed by atoms with Crippen LogP contribution in [-0.4, -0.2) is 36.5 Å². The number of carbonyl (C=O) groups excluding carboxylic acids is 1. The van der Waals surface area contributed by atoms with Crippen molar-refractivity contribution in [3.05, 3.63) is 0 Å². The third-order valence-corrected chi connectivity index (χ3v) is 5.10. The summed E-state index contributed by atoms with van der Waals surface area (Å²) in [4.78, 5) is 14.5. The van der Waals surface area contributed by atoms with Gasteiger partial charge in [-0.1, -0.05) is 32.1 Å². The number of nitrogens with zero attached hydrogens (tertiary/aromatic N) is 1. The lowest BCUT2D eigenvalue weighted by atomic mass is 9.79. The third-order valence-electron chi connectivity index (χ3n) is 5.10. The second kappa shape index (κ2) is 6.05. The molecule has 2 aliphatic carbocycles. The molecular weight excluding hydrogens is 224 g/mol. The Morgan fingerprint density at radius 3 is 2.33 bits per heavy atom. The highest BCUT2D eigenvalue weighted by Gasteiger charge is 2.35. The maximum atomic E-state index is 12.4. The summed E-state index contributed by atoms with van der Waals surface area (Å²) < 4.78 is 0. The Labute approximate surface area is 111 Å². The van der Waals surface area contributed by atoms with Gasteiger partial charge in [0.25, 0.3) is 0 Å². The molecule has 2 rings (SSSR count). The number of nitrogens with one attached hydrogen (secondary N) is 1. The van der Waals surface area contributed by atoms with E-state index < -0.39 is 0 Å². The molecule has 1 N–H and O–H groups in total. The molecule has 0 radical (unpaired) electrons. The van der Waals surface area contributed by atoms with Crippen LogP contribution in [0, 0.1) is 0 Å². The zero-order valence-electron chi connectivity index (χ0n) is 12.0. The van der Waals surface area contributed by atoms with E-state index in [1.54, 1.807) is 0 Å². The summed E-state index contributed by atoms with van der Waals surface area (Å²) in [5.41, 5.74) is 0.0855. The fourth-order valence-electron chi connectivity index (χ4n) is 3.65. The van der Waals surface area contributed by atoms with Crippen molar-refractivity contribution in [2.24, 2.45) is 0 Å². The number of amides is 1. The Bertz CT molecular complexity index is 278. The van der Waals surface area contributed by atoms with Gasteiger partial charge < -0.3 is 10.2 Å². The van der Waals surface area contributed by atoms with Gasteiger partial charge in [-0.15, -0.1) is 0 Å². The molecule has 0 heterocycles. The highest BCUT2D eigenvalue weighted by atomic mass is 16.2. The van der Waals surface area contributed by atoms with Crippen molar-refractivity contribution in [1.82, 2.24) is 10.2 Å². The molecule has 0 atom stereocenters. The fraction of sp³-hybridized carbons (Fsp3) is 0.933. The zero-order chi connectivity index (χ0) is 13.0. The summed E-state index contributed by atoms with van der Waals surface area (Å²) in [5.74, 6) is 0.346. The van der Waals surface area contributed by atoms with Crippen molar-refractivity contribution in [2.45, 2.75) is 75.8 Å². The maximum absolute atomic E-state index is 12.4. The first-order valence-corrected chi connectivity index (χ1v) is 7.61. The first kappa shape index (κ1) is 13.9. The maximum Gasteiger partial charge on any atom is 0.224 e. The highest BCUT2D eigenvalue weighted by Crippen LogP contribution is 2.32. The second-order valence-corrected chi connectivity index (χ2v) is 6.21. The topological polar surface area (TPSA) is 32.3 Å². The molecule has 0 bridgehead atoms. The average molecular weight is 252 g/mol. The van der Waals surface area contributed by atoms with Crippen molar-refractivity contribution in [1.29, 1.82) is 0 Å². The minimum Gasteiger partial charge on any atom is -0.343 e. The van der Waals surface area contributed by atoms with Crippen molar-refractivity contribution >= 4 is 5.91 Å². The van der Waals surface area contributed by atoms with E-state index in [2.05, 4.69) is 5.32 Å². The van der Waals surface area contributed by atoms with Crippen molar-refractivity contribution < 1.29 is 4.79 Å². The SMILES string of the molecule is CNC1(CC(=O)N(C)C2CCCC2)CCCCC1. The zero-order valence-corrected chi connectivity index (χ0v) is 12.0. The van der Waals surface area contributed by atoms with Crippen LogP contribution in [0.15, 0.2) is 0 Å². The van der Waals surface area contributed by atoms with Gasteiger partial charge in [0.2, 0.25) is 5.91 Å². The van der Waals surface area contributed by atoms with E-state index >= 15 is 0 Å². The van der Waals surface area contributed by atoms with Gasteiger partial charge in [-0.2, -0.15) is 0 Å². The van der Waals surface area contributed by atoms with Crippen LogP contribution in [0.5, 0.6) is 0 Å². The van der Waals surface area contributed by atoms with Crippen LogP contribution in [0.4, 0.5) is 0 Å². The van der Waals surface area contributed by atoms with Crippen molar-refractivity contribution in [2.75, 3.05) is 14.1 Å². The van der Waals surface area contributed by atoms with E-state index in [0.717, 1.165) is 12.8 Å². The summed E-state index contributed by atoms with van der Waals surface area (Å²) >= 11 is 0. The standard InChI is InChI=1S/C15H28N2O/c1-16-15(10-6-3-7-11-15)12-14(18)17(2)13-8-4-5-9-13/h13,16H,3-12H2,1-2H3. The molecule has 2 fully saturated rings. The van der Waals surface area contributed by atoms with Gasteiger partial charge in [-0.25, -0.2) is 0 Å². The first-order valence-electron chi connectivity index (χ1n) is 7.61. The van der Waals surface area contributed by atoms with Gasteiger partial charge in [0.1, 0.15) is 0 Å². The summed E-state index contributed by atoms with van der Waals surface area (Å²) in [7, 11) is 4.03. The van der Waals surface area contributed by atoms with E-state index in [9.17, 15) is 4.79 Å². The van der Waals surface area contributed by atoms with Crippen molar-refractivity contribution in [3.8, 4) is 0 Å². The molecule has 2 saturated carbocycles. The molecule has 104 valence electrons. The molecule has 3 heteroatoms. The van der Waals surface area contributed by atoms with Gasteiger partial charge in [0.15, 0.2) is 0 Å². The van der Waals surface area contributed by atoms with Gasteiger partial charge in [-0.3, -0.25) is 4.79 Å². The van der Waals surface area contributed by atoms with E-state index in [-0.39, 0.29) is 5.54 Å². The largest absolute Gasteiger partial charge is 0.343 e. The highest BCUT2D eigenvalue weighted by molar-refractivity contribution is 5.77. The van der Waals surface area contributed by atoms with E-state index in [4.69, 9.17) is 0 Å². The van der Waals surface area contributed by atoms with E-state index in [1.807, 2.05) is 19.0 Å². The van der Waals surface area contributed by atoms with Crippen LogP contribution >= 0.6 is 0 Å². The predicted molar refractivity (Wildman–Crippen MR) is 74.5 cm³/mol. The molecular formula is C15H28N2O. The van der Waals surface area contributed by atoms with Gasteiger partial charge >= 0.3 is 0 Å². The smallest absolute Gasteiger partial charge is 0.224 e. The number of hydrogen-bond acceptors (Lipinski definition) is 2. The number of carbonyl (C=O) groups is 1. The van der Waals surface area contributed by atoms with Gasteiger partial charge in [-0.05, 0) is 32.7 Å². The molecule has 18 heavy (non-hydrogen) atoms. The minimum absolute atomic E-state index is 0.0855. The molecule has 0 unspecified atom stereocenters. The Balaban J connectivity index is 1.91. The Kier molecular flexibility index (Phi) is 4.66. The molecule has 1 amide bonds. The minimum atomic E-state index is 0.0855. The number of rotatable bonds is 4. The molecule has 0 saturated heterocycles. The second-order valence-electron chi connectivity index (χ2n) is 6.21. The van der Waals surface area contributed by atoms with E-state index in [1.165, 1.54) is 44.9 Å². The molecule has 3 nitrogen and oxygen atoms in total. The fourth-order valence-corrected chi connectivity index (χ4v) is 3.65. The third kappa shape index (κ3) is 3.05. The molecule has 0 aromatic carbocycles. The Morgan fingerprint density at radius 2 is 1.78 bits per heavy atom. The van der Waals surface area contributed by atoms with Crippen LogP contribution in [0.2, 0.25) is 0 Å². The van der Waals surface area contributed by atoms with Gasteiger partial charge in [0, 0.05) is 25.0 Å². The molecule has 2 aliphatic rings. The van der Waals surface area contributed by atoms with Crippen LogP contribution in [0.25, 0.3) is 0 Å². The molecule has 0 aromatic heterocycles. The lowest BCUT2D eigenvalue weighted by Crippen LogP contribution is -2.49. The summed E-state index contributed by atoms with van der Waals surface area (Å²) in [6.07, 6.45) is 11.9.